The lowest BCUT2D eigenvalue weighted by atomic mass is 10.0. The first-order chi connectivity index (χ1) is 10.8. The zero-order chi connectivity index (χ0) is 17.6. The molecule has 136 valence electrons. The molecule has 0 saturated heterocycles. The van der Waals surface area contributed by atoms with Crippen molar-refractivity contribution in [1.82, 2.24) is 4.90 Å². The minimum absolute atomic E-state index is 0. The van der Waals surface area contributed by atoms with Gasteiger partial charge in [-0.15, -0.1) is 0 Å². The van der Waals surface area contributed by atoms with Gasteiger partial charge in [-0.1, -0.05) is 30.3 Å². The van der Waals surface area contributed by atoms with Gasteiger partial charge in [0.2, 0.25) is 0 Å². The molecule has 1 aromatic carbocycles. The van der Waals surface area contributed by atoms with Gasteiger partial charge in [0.15, 0.2) is 6.04 Å². The van der Waals surface area contributed by atoms with Crippen LogP contribution in [0.5, 0.6) is 0 Å². The molecular formula is C17H27ClN2O4. The van der Waals surface area contributed by atoms with Crippen molar-refractivity contribution in [2.75, 3.05) is 6.61 Å². The quantitative estimate of drug-likeness (QED) is 0.528. The maximum absolute atomic E-state index is 12.7. The van der Waals surface area contributed by atoms with Crippen molar-refractivity contribution in [2.24, 2.45) is 0 Å². The molecular weight excluding hydrogens is 332 g/mol. The fraction of sp³-hybridized carbons (Fsp3) is 0.529. The van der Waals surface area contributed by atoms with Crippen LogP contribution in [0.2, 0.25) is 0 Å². The number of hydrogen-bond donors (Lipinski definition) is 2. The van der Waals surface area contributed by atoms with Crippen molar-refractivity contribution in [3.05, 3.63) is 35.9 Å². The molecule has 7 heteroatoms. The van der Waals surface area contributed by atoms with Gasteiger partial charge in [-0.05, 0) is 33.3 Å². The molecule has 0 saturated carbocycles. The first kappa shape index (κ1) is 22.4. The number of ether oxygens (including phenoxy) is 1. The minimum Gasteiger partial charge on any atom is -1.00 e. The second kappa shape index (κ2) is 10.3. The van der Waals surface area contributed by atoms with E-state index in [0.717, 1.165) is 5.56 Å². The predicted octanol–water partition coefficient (Wildman–Crippen LogP) is -2.48. The highest BCUT2D eigenvalue weighted by atomic mass is 35.5. The number of aliphatic hydroxyl groups is 1. The van der Waals surface area contributed by atoms with E-state index >= 15 is 0 Å². The zero-order valence-corrected chi connectivity index (χ0v) is 15.4. The number of quaternary nitrogens is 1. The fourth-order valence-electron chi connectivity index (χ4n) is 2.38. The van der Waals surface area contributed by atoms with Crippen LogP contribution in [0.15, 0.2) is 30.3 Å². The summed E-state index contributed by atoms with van der Waals surface area (Å²) in [7, 11) is 0. The summed E-state index contributed by atoms with van der Waals surface area (Å²) >= 11 is 0. The molecule has 4 atom stereocenters. The highest BCUT2D eigenvalue weighted by Crippen LogP contribution is 2.24. The molecule has 6 nitrogen and oxygen atoms in total. The number of nitrogens with zero attached hydrogens (tertiary/aromatic N) is 1. The van der Waals surface area contributed by atoms with Crippen LogP contribution < -0.4 is 18.1 Å². The Morgan fingerprint density at radius 2 is 1.75 bits per heavy atom. The number of carbonyl (C=O) groups is 2. The molecule has 0 spiro atoms. The van der Waals surface area contributed by atoms with Gasteiger partial charge in [-0.25, -0.2) is 4.79 Å². The predicted molar refractivity (Wildman–Crippen MR) is 86.2 cm³/mol. The average molecular weight is 359 g/mol. The zero-order valence-electron chi connectivity index (χ0n) is 14.6. The smallest absolute Gasteiger partial charge is 0.328 e. The number of amides is 1. The average Bonchev–Trinajstić information content (AvgIpc) is 2.54. The molecule has 0 aliphatic carbocycles. The molecule has 0 aliphatic heterocycles. The van der Waals surface area contributed by atoms with E-state index in [0.29, 0.717) is 0 Å². The Hall–Kier alpha value is -1.63. The van der Waals surface area contributed by atoms with E-state index in [1.807, 2.05) is 37.3 Å². The second-order valence-electron chi connectivity index (χ2n) is 5.61. The summed E-state index contributed by atoms with van der Waals surface area (Å²) in [5, 5.41) is 9.69. The van der Waals surface area contributed by atoms with E-state index in [2.05, 4.69) is 5.73 Å². The molecule has 1 aromatic rings. The molecule has 24 heavy (non-hydrogen) atoms. The van der Waals surface area contributed by atoms with Gasteiger partial charge in [0.1, 0.15) is 12.1 Å². The van der Waals surface area contributed by atoms with Crippen LogP contribution in [-0.2, 0) is 14.3 Å². The monoisotopic (exact) mass is 358 g/mol. The summed E-state index contributed by atoms with van der Waals surface area (Å²) in [6, 6.07) is 7.47. The third-order valence-corrected chi connectivity index (χ3v) is 3.90. The van der Waals surface area contributed by atoms with Crippen LogP contribution >= 0.6 is 0 Å². The van der Waals surface area contributed by atoms with E-state index < -0.39 is 24.2 Å². The normalized spacial score (nSPS) is 15.4. The Labute approximate surface area is 149 Å². The fourth-order valence-corrected chi connectivity index (χ4v) is 2.38. The third-order valence-electron chi connectivity index (χ3n) is 3.90. The lowest BCUT2D eigenvalue weighted by Crippen LogP contribution is -3.00. The molecule has 0 bridgehead atoms. The largest absolute Gasteiger partial charge is 1.00 e. The van der Waals surface area contributed by atoms with Crippen LogP contribution in [0.3, 0.4) is 0 Å². The summed E-state index contributed by atoms with van der Waals surface area (Å²) in [5.41, 5.74) is 4.63. The van der Waals surface area contributed by atoms with Crippen LogP contribution in [-0.4, -0.2) is 46.7 Å². The van der Waals surface area contributed by atoms with Crippen molar-refractivity contribution in [3.63, 3.8) is 0 Å². The number of aliphatic hydroxyl groups excluding tert-OH is 1. The highest BCUT2D eigenvalue weighted by Gasteiger charge is 2.37. The number of halogens is 1. The van der Waals surface area contributed by atoms with E-state index in [9.17, 15) is 14.7 Å². The number of rotatable bonds is 7. The molecule has 0 heterocycles. The first-order valence-electron chi connectivity index (χ1n) is 7.86. The topological polar surface area (TPSA) is 94.5 Å². The summed E-state index contributed by atoms with van der Waals surface area (Å²) < 4.78 is 5.05. The minimum atomic E-state index is -0.901. The van der Waals surface area contributed by atoms with Gasteiger partial charge in [-0.2, -0.15) is 0 Å². The third kappa shape index (κ3) is 5.47. The van der Waals surface area contributed by atoms with Gasteiger partial charge in [-0.3, -0.25) is 4.79 Å². The summed E-state index contributed by atoms with van der Waals surface area (Å²) in [4.78, 5) is 26.3. The lowest BCUT2D eigenvalue weighted by molar-refractivity contribution is -0.421. The number of carbonyl (C=O) groups excluding carboxylic acids is 2. The lowest BCUT2D eigenvalue weighted by Gasteiger charge is -2.34. The van der Waals surface area contributed by atoms with Crippen LogP contribution in [0.25, 0.3) is 0 Å². The number of benzene rings is 1. The maximum atomic E-state index is 12.7. The van der Waals surface area contributed by atoms with Gasteiger partial charge in [0.25, 0.3) is 5.91 Å². The van der Waals surface area contributed by atoms with Crippen molar-refractivity contribution >= 4 is 11.9 Å². The van der Waals surface area contributed by atoms with E-state index in [1.54, 1.807) is 13.8 Å². The van der Waals surface area contributed by atoms with Gasteiger partial charge in [0.05, 0.1) is 12.6 Å². The Balaban J connectivity index is 0.00000529. The summed E-state index contributed by atoms with van der Waals surface area (Å²) in [6.07, 6.45) is -0.901. The van der Waals surface area contributed by atoms with Gasteiger partial charge >= 0.3 is 5.97 Å². The van der Waals surface area contributed by atoms with Crippen molar-refractivity contribution in [1.29, 1.82) is 0 Å². The summed E-state index contributed by atoms with van der Waals surface area (Å²) in [5.74, 6) is -0.849. The Kier molecular flexibility index (Phi) is 9.58. The van der Waals surface area contributed by atoms with Crippen LogP contribution in [0.1, 0.15) is 39.3 Å². The van der Waals surface area contributed by atoms with E-state index in [4.69, 9.17) is 4.74 Å². The Bertz CT molecular complexity index is 525. The van der Waals surface area contributed by atoms with Gasteiger partial charge in [0, 0.05) is 0 Å². The van der Waals surface area contributed by atoms with Crippen LogP contribution in [0.4, 0.5) is 0 Å². The number of hydrogen-bond acceptors (Lipinski definition) is 4. The molecule has 1 amide bonds. The van der Waals surface area contributed by atoms with Gasteiger partial charge < -0.3 is 32.9 Å². The highest BCUT2D eigenvalue weighted by molar-refractivity contribution is 5.87. The Morgan fingerprint density at radius 3 is 2.21 bits per heavy atom. The Morgan fingerprint density at radius 1 is 1.21 bits per heavy atom. The number of esters is 1. The SMILES string of the molecule is CCOC(=O)[C@@H](C)N(C(=O)[C@@H]([NH3+])[C@H](C)O)[C@@H](C)c1ccccc1.[Cl-]. The molecule has 0 radical (unpaired) electrons. The molecule has 4 N–H and O–H groups in total. The van der Waals surface area contributed by atoms with E-state index in [-0.39, 0.29) is 31.0 Å². The summed E-state index contributed by atoms with van der Waals surface area (Å²) in [6.45, 7) is 6.95. The van der Waals surface area contributed by atoms with Crippen LogP contribution in [0, 0.1) is 0 Å². The van der Waals surface area contributed by atoms with E-state index in [1.165, 1.54) is 11.8 Å². The first-order valence-corrected chi connectivity index (χ1v) is 7.86. The second-order valence-corrected chi connectivity index (χ2v) is 5.61. The standard InChI is InChI=1S/C17H26N2O4.ClH/c1-5-23-17(22)12(3)19(16(21)15(18)13(4)20)11(2)14-9-7-6-8-10-14;/h6-13,15,20H,5,18H2,1-4H3;1H/t11-,12+,13-,15-;/m0./s1. The molecule has 0 aromatic heterocycles. The van der Waals surface area contributed by atoms with Crippen molar-refractivity contribution in [3.8, 4) is 0 Å². The molecule has 0 aliphatic rings. The maximum Gasteiger partial charge on any atom is 0.328 e. The van der Waals surface area contributed by atoms with Crippen molar-refractivity contribution < 1.29 is 37.6 Å². The molecule has 0 unspecified atom stereocenters. The molecule has 1 rings (SSSR count). The molecule has 0 fully saturated rings. The van der Waals surface area contributed by atoms with Crippen molar-refractivity contribution in [2.45, 2.75) is 51.9 Å².